The topological polar surface area (TPSA) is 47.6 Å². The van der Waals surface area contributed by atoms with E-state index in [0.717, 1.165) is 0 Å². The predicted octanol–water partition coefficient (Wildman–Crippen LogP) is 0.106. The maximum Gasteiger partial charge on any atom is 0.224 e. The smallest absolute Gasteiger partial charge is 0.224 e. The van der Waals surface area contributed by atoms with E-state index in [-0.39, 0.29) is 18.2 Å². The summed E-state index contributed by atoms with van der Waals surface area (Å²) < 4.78 is 10.1. The van der Waals surface area contributed by atoms with Gasteiger partial charge in [-0.15, -0.1) is 12.4 Å². The highest BCUT2D eigenvalue weighted by molar-refractivity contribution is 5.85. The highest BCUT2D eigenvalue weighted by Crippen LogP contribution is 2.05. The predicted molar refractivity (Wildman–Crippen MR) is 45.8 cm³/mol. The monoisotopic (exact) mass is 193 g/mol. The first kappa shape index (κ1) is 11.5. The van der Waals surface area contributed by atoms with Crippen LogP contribution < -0.4 is 5.32 Å². The van der Waals surface area contributed by atoms with E-state index >= 15 is 0 Å². The molecule has 0 unspecified atom stereocenters. The van der Waals surface area contributed by atoms with Gasteiger partial charge in [0.1, 0.15) is 6.61 Å². The molecule has 1 N–H and O–H groups in total. The van der Waals surface area contributed by atoms with Gasteiger partial charge in [-0.2, -0.15) is 0 Å². The van der Waals surface area contributed by atoms with Crippen molar-refractivity contribution in [1.82, 2.24) is 5.32 Å². The van der Waals surface area contributed by atoms with Crippen molar-refractivity contribution in [1.29, 1.82) is 0 Å². The Balaban J connectivity index is 0.00000121. The molecule has 0 bridgehead atoms. The number of morpholine rings is 1. The Morgan fingerprint density at radius 2 is 2.58 bits per heavy atom. The molecule has 0 aromatic heterocycles. The highest BCUT2D eigenvalue weighted by atomic mass is 35.5. The van der Waals surface area contributed by atoms with E-state index in [1.165, 1.54) is 0 Å². The third-order valence-electron chi connectivity index (χ3n) is 1.36. The quantitative estimate of drug-likeness (QED) is 0.633. The molecule has 0 radical (unpaired) electrons. The van der Waals surface area contributed by atoms with Gasteiger partial charge in [-0.3, -0.25) is 5.32 Å². The molecule has 0 amide bonds. The van der Waals surface area contributed by atoms with E-state index < -0.39 is 6.23 Å². The summed E-state index contributed by atoms with van der Waals surface area (Å²) in [6, 6.07) is 0. The summed E-state index contributed by atoms with van der Waals surface area (Å²) >= 11 is 0. The molecule has 1 rings (SSSR count). The molecule has 1 heterocycles. The molecule has 5 heteroatoms. The van der Waals surface area contributed by atoms with Crippen LogP contribution in [-0.4, -0.2) is 31.9 Å². The van der Waals surface area contributed by atoms with Crippen molar-refractivity contribution in [2.24, 2.45) is 0 Å². The fraction of sp³-hybridized carbons (Fsp3) is 0.714. The van der Waals surface area contributed by atoms with Crippen LogP contribution in [0.5, 0.6) is 0 Å². The Morgan fingerprint density at radius 1 is 1.83 bits per heavy atom. The van der Waals surface area contributed by atoms with Crippen LogP contribution >= 0.6 is 12.4 Å². The molecule has 4 nitrogen and oxygen atoms in total. The lowest BCUT2D eigenvalue weighted by atomic mass is 10.4. The highest BCUT2D eigenvalue weighted by Gasteiger charge is 2.20. The van der Waals surface area contributed by atoms with Crippen LogP contribution in [0.25, 0.3) is 0 Å². The lowest BCUT2D eigenvalue weighted by molar-refractivity contribution is -0.00779. The number of carbonyl (C=O) groups excluding carboxylic acids is 1. The summed E-state index contributed by atoms with van der Waals surface area (Å²) in [7, 11) is 0. The summed E-state index contributed by atoms with van der Waals surface area (Å²) in [5, 5.41) is 2.97. The molecule has 1 saturated heterocycles. The van der Waals surface area contributed by atoms with Gasteiger partial charge in [0, 0.05) is 13.2 Å². The molecule has 0 aliphatic carbocycles. The molecular formula is C7H12ClNO3. The van der Waals surface area contributed by atoms with E-state index in [1.54, 1.807) is 5.94 Å². The van der Waals surface area contributed by atoms with E-state index in [1.807, 2.05) is 6.92 Å². The van der Waals surface area contributed by atoms with Gasteiger partial charge in [-0.1, -0.05) is 0 Å². The van der Waals surface area contributed by atoms with E-state index in [2.05, 4.69) is 5.32 Å². The van der Waals surface area contributed by atoms with Crippen molar-refractivity contribution in [2.45, 2.75) is 13.2 Å². The first-order chi connectivity index (χ1) is 5.38. The zero-order valence-corrected chi connectivity index (χ0v) is 7.65. The second kappa shape index (κ2) is 6.03. The minimum Gasteiger partial charge on any atom is -0.482 e. The van der Waals surface area contributed by atoms with Crippen molar-refractivity contribution in [3.8, 4) is 0 Å². The molecule has 1 atom stereocenters. The molecule has 0 saturated carbocycles. The normalized spacial score (nSPS) is 22.1. The Labute approximate surface area is 77.3 Å². The first-order valence-corrected chi connectivity index (χ1v) is 3.61. The lowest BCUT2D eigenvalue weighted by Gasteiger charge is -2.24. The third kappa shape index (κ3) is 2.83. The summed E-state index contributed by atoms with van der Waals surface area (Å²) in [6.45, 7) is 3.62. The largest absolute Gasteiger partial charge is 0.482 e. The van der Waals surface area contributed by atoms with Crippen LogP contribution in [-0.2, 0) is 14.3 Å². The van der Waals surface area contributed by atoms with Crippen LogP contribution in [0.15, 0.2) is 5.76 Å². The van der Waals surface area contributed by atoms with Crippen molar-refractivity contribution < 1.29 is 14.3 Å². The number of nitrogens with one attached hydrogen (secondary N) is 1. The van der Waals surface area contributed by atoms with E-state index in [4.69, 9.17) is 9.47 Å². The van der Waals surface area contributed by atoms with Crippen molar-refractivity contribution in [3.63, 3.8) is 0 Å². The van der Waals surface area contributed by atoms with Gasteiger partial charge in [-0.05, 0) is 6.92 Å². The lowest BCUT2D eigenvalue weighted by Crippen LogP contribution is -2.41. The van der Waals surface area contributed by atoms with Gasteiger partial charge in [-0.25, -0.2) is 4.79 Å². The second-order valence-corrected chi connectivity index (χ2v) is 2.10. The first-order valence-electron chi connectivity index (χ1n) is 3.61. The van der Waals surface area contributed by atoms with Crippen LogP contribution in [0.1, 0.15) is 6.92 Å². The Kier molecular flexibility index (Phi) is 5.76. The molecule has 0 aromatic carbocycles. The van der Waals surface area contributed by atoms with Crippen LogP contribution in [0.3, 0.4) is 0 Å². The van der Waals surface area contributed by atoms with Gasteiger partial charge < -0.3 is 9.47 Å². The summed E-state index contributed by atoms with van der Waals surface area (Å²) in [5.41, 5.74) is 0. The zero-order valence-electron chi connectivity index (χ0n) is 6.83. The van der Waals surface area contributed by atoms with Crippen LogP contribution in [0.2, 0.25) is 0 Å². The minimum atomic E-state index is -0.397. The van der Waals surface area contributed by atoms with Crippen LogP contribution in [0, 0.1) is 0 Å². The number of rotatable bonds is 2. The maximum atomic E-state index is 10.2. The van der Waals surface area contributed by atoms with E-state index in [0.29, 0.717) is 19.8 Å². The number of hydrogen-bond acceptors (Lipinski definition) is 4. The number of halogens is 1. The fourth-order valence-electron chi connectivity index (χ4n) is 0.904. The molecule has 1 aliphatic heterocycles. The second-order valence-electron chi connectivity index (χ2n) is 2.10. The van der Waals surface area contributed by atoms with Gasteiger partial charge in [0.05, 0.1) is 0 Å². The SMILES string of the molecule is CCO[C@@H]1NCCOC1=C=O.Cl. The average Bonchev–Trinajstić information content (AvgIpc) is 2.06. The van der Waals surface area contributed by atoms with Crippen molar-refractivity contribution in [2.75, 3.05) is 19.8 Å². The Hall–Kier alpha value is -0.540. The van der Waals surface area contributed by atoms with Crippen molar-refractivity contribution in [3.05, 3.63) is 5.76 Å². The van der Waals surface area contributed by atoms with Gasteiger partial charge in [0.15, 0.2) is 12.2 Å². The maximum absolute atomic E-state index is 10.2. The zero-order chi connectivity index (χ0) is 8.10. The van der Waals surface area contributed by atoms with Crippen molar-refractivity contribution >= 4 is 18.3 Å². The Bertz CT molecular complexity index is 177. The fourth-order valence-corrected chi connectivity index (χ4v) is 0.904. The summed E-state index contributed by atoms with van der Waals surface area (Å²) in [6.07, 6.45) is -0.397. The van der Waals surface area contributed by atoms with Gasteiger partial charge in [0.25, 0.3) is 0 Å². The molecule has 12 heavy (non-hydrogen) atoms. The standard InChI is InChI=1S/C7H11NO3.ClH/c1-2-10-7-6(5-9)11-4-3-8-7;/h7-8H,2-4H2,1H3;1H/t7-;/m0./s1. The molecule has 1 aliphatic rings. The molecule has 70 valence electrons. The van der Waals surface area contributed by atoms with Crippen LogP contribution in [0.4, 0.5) is 0 Å². The third-order valence-corrected chi connectivity index (χ3v) is 1.36. The van der Waals surface area contributed by atoms with Gasteiger partial charge >= 0.3 is 0 Å². The summed E-state index contributed by atoms with van der Waals surface area (Å²) in [5.74, 6) is 1.92. The number of ether oxygens (including phenoxy) is 2. The Morgan fingerprint density at radius 3 is 3.17 bits per heavy atom. The molecule has 1 fully saturated rings. The molecule has 0 spiro atoms. The van der Waals surface area contributed by atoms with Gasteiger partial charge in [0.2, 0.25) is 5.76 Å². The van der Waals surface area contributed by atoms with E-state index in [9.17, 15) is 4.79 Å². The molecular weight excluding hydrogens is 182 g/mol. The summed E-state index contributed by atoms with van der Waals surface area (Å²) in [4.78, 5) is 10.2. The molecule has 0 aromatic rings. The number of hydrogen-bond donors (Lipinski definition) is 1. The average molecular weight is 194 g/mol. The minimum absolute atomic E-state index is 0.